The number of aromatic nitrogens is 2. The molecule has 210 valence electrons. The number of carbonyl (C=O) groups is 4. The van der Waals surface area contributed by atoms with Crippen LogP contribution in [0.15, 0.2) is 30.5 Å². The van der Waals surface area contributed by atoms with E-state index in [2.05, 4.69) is 20.8 Å². The second-order valence-corrected chi connectivity index (χ2v) is 10.6. The average Bonchev–Trinajstić information content (AvgIpc) is 3.55. The second-order valence-electron chi connectivity index (χ2n) is 9.78. The fourth-order valence-electron chi connectivity index (χ4n) is 4.90. The van der Waals surface area contributed by atoms with Gasteiger partial charge in [0.15, 0.2) is 0 Å². The van der Waals surface area contributed by atoms with Crippen molar-refractivity contribution in [2.24, 2.45) is 0 Å². The molecule has 0 unspecified atom stereocenters. The van der Waals surface area contributed by atoms with Gasteiger partial charge in [-0.05, 0) is 35.7 Å². The van der Waals surface area contributed by atoms with Crippen LogP contribution in [-0.4, -0.2) is 98.8 Å². The Morgan fingerprint density at radius 2 is 1.90 bits per heavy atom. The second kappa shape index (κ2) is 11.4. The molecular formula is C26H26Cl2N6O6. The Labute approximate surface area is 238 Å². The van der Waals surface area contributed by atoms with Crippen LogP contribution in [-0.2, 0) is 17.8 Å². The number of urea groups is 1. The zero-order chi connectivity index (χ0) is 28.6. The van der Waals surface area contributed by atoms with Crippen molar-refractivity contribution < 1.29 is 29.4 Å². The summed E-state index contributed by atoms with van der Waals surface area (Å²) in [5.41, 5.74) is 2.66. The number of aliphatic hydroxyl groups is 2. The van der Waals surface area contributed by atoms with E-state index in [0.29, 0.717) is 35.9 Å². The Morgan fingerprint density at radius 1 is 1.15 bits per heavy atom. The molecule has 4 amide bonds. The molecule has 2 aliphatic rings. The molecule has 0 saturated carbocycles. The molecular weight excluding hydrogens is 563 g/mol. The Morgan fingerprint density at radius 3 is 2.62 bits per heavy atom. The number of aromatic amines is 1. The van der Waals surface area contributed by atoms with Crippen LogP contribution in [0.1, 0.15) is 31.8 Å². The molecule has 12 nitrogen and oxygen atoms in total. The number of carbonyl (C=O) groups excluding carboxylic acids is 4. The molecule has 2 aliphatic heterocycles. The van der Waals surface area contributed by atoms with E-state index in [9.17, 15) is 29.4 Å². The quantitative estimate of drug-likeness (QED) is 0.269. The number of nitrogens with one attached hydrogen (secondary N) is 3. The van der Waals surface area contributed by atoms with Crippen LogP contribution in [0.2, 0.25) is 10.0 Å². The van der Waals surface area contributed by atoms with Gasteiger partial charge in [0, 0.05) is 30.6 Å². The zero-order valence-electron chi connectivity index (χ0n) is 21.1. The molecule has 0 aliphatic carbocycles. The van der Waals surface area contributed by atoms with Crippen LogP contribution >= 0.6 is 23.2 Å². The van der Waals surface area contributed by atoms with Crippen LogP contribution in [0, 0.1) is 0 Å². The van der Waals surface area contributed by atoms with Gasteiger partial charge in [-0.2, -0.15) is 5.10 Å². The largest absolute Gasteiger partial charge is 0.388 e. The van der Waals surface area contributed by atoms with Gasteiger partial charge < -0.3 is 35.4 Å². The van der Waals surface area contributed by atoms with Crippen molar-refractivity contribution in [3.05, 3.63) is 62.8 Å². The molecule has 1 saturated heterocycles. The molecule has 2 aromatic carbocycles. The van der Waals surface area contributed by atoms with Gasteiger partial charge in [0.1, 0.15) is 12.3 Å². The predicted octanol–water partition coefficient (Wildman–Crippen LogP) is 1.11. The van der Waals surface area contributed by atoms with Crippen molar-refractivity contribution in [2.45, 2.75) is 31.2 Å². The van der Waals surface area contributed by atoms with Crippen LogP contribution in [0.25, 0.3) is 10.9 Å². The van der Waals surface area contributed by atoms with E-state index in [1.54, 1.807) is 29.3 Å². The molecule has 1 aromatic heterocycles. The minimum atomic E-state index is -1.09. The Balaban J connectivity index is 1.25. The Hall–Kier alpha value is -3.71. The van der Waals surface area contributed by atoms with Crippen LogP contribution in [0.5, 0.6) is 0 Å². The smallest absolute Gasteiger partial charge is 0.317 e. The number of aliphatic hydroxyl groups excluding tert-OH is 2. The van der Waals surface area contributed by atoms with E-state index >= 15 is 0 Å². The summed E-state index contributed by atoms with van der Waals surface area (Å²) in [7, 11) is 0. The summed E-state index contributed by atoms with van der Waals surface area (Å²) in [6.07, 6.45) is 0.452. The van der Waals surface area contributed by atoms with Crippen molar-refractivity contribution in [1.29, 1.82) is 0 Å². The van der Waals surface area contributed by atoms with Crippen LogP contribution in [0.4, 0.5) is 4.79 Å². The molecule has 40 heavy (non-hydrogen) atoms. The summed E-state index contributed by atoms with van der Waals surface area (Å²) in [5, 5.41) is 32.2. The lowest BCUT2D eigenvalue weighted by Gasteiger charge is -2.30. The highest BCUT2D eigenvalue weighted by atomic mass is 35.5. The van der Waals surface area contributed by atoms with Gasteiger partial charge in [0.25, 0.3) is 11.8 Å². The molecule has 3 heterocycles. The number of rotatable bonds is 6. The van der Waals surface area contributed by atoms with Crippen molar-refractivity contribution in [2.75, 3.05) is 26.2 Å². The predicted molar refractivity (Wildman–Crippen MR) is 145 cm³/mol. The molecule has 3 atom stereocenters. The Kier molecular flexibility index (Phi) is 7.95. The molecule has 1 fully saturated rings. The first-order valence-electron chi connectivity index (χ1n) is 12.5. The van der Waals surface area contributed by atoms with Gasteiger partial charge >= 0.3 is 6.03 Å². The first-order chi connectivity index (χ1) is 19.2. The summed E-state index contributed by atoms with van der Waals surface area (Å²) >= 11 is 13.1. The number of amides is 4. The number of fused-ring (bicyclic) bond motifs is 2. The number of aldehydes is 1. The highest BCUT2D eigenvalue weighted by molar-refractivity contribution is 6.40. The molecule has 0 bridgehead atoms. The third kappa shape index (κ3) is 5.48. The van der Waals surface area contributed by atoms with Crippen molar-refractivity contribution in [3.63, 3.8) is 0 Å². The normalized spacial score (nSPS) is 19.3. The number of hydrogen-bond acceptors (Lipinski definition) is 7. The van der Waals surface area contributed by atoms with Gasteiger partial charge in [-0.3, -0.25) is 14.7 Å². The first-order valence-corrected chi connectivity index (χ1v) is 13.3. The van der Waals surface area contributed by atoms with Crippen molar-refractivity contribution >= 4 is 58.2 Å². The maximum atomic E-state index is 13.2. The lowest BCUT2D eigenvalue weighted by atomic mass is 9.96. The third-order valence-corrected chi connectivity index (χ3v) is 7.82. The zero-order valence-corrected chi connectivity index (χ0v) is 22.6. The van der Waals surface area contributed by atoms with Gasteiger partial charge in [-0.1, -0.05) is 29.3 Å². The summed E-state index contributed by atoms with van der Waals surface area (Å²) in [6, 6.07) is 5.23. The van der Waals surface area contributed by atoms with Crippen LogP contribution in [0.3, 0.4) is 0 Å². The minimum absolute atomic E-state index is 0.00415. The lowest BCUT2D eigenvalue weighted by molar-refractivity contribution is -0.109. The maximum Gasteiger partial charge on any atom is 0.317 e. The van der Waals surface area contributed by atoms with Gasteiger partial charge in [0.2, 0.25) is 0 Å². The maximum absolute atomic E-state index is 13.2. The lowest BCUT2D eigenvalue weighted by Crippen LogP contribution is -2.48. The minimum Gasteiger partial charge on any atom is -0.388 e. The van der Waals surface area contributed by atoms with E-state index < -0.39 is 30.2 Å². The summed E-state index contributed by atoms with van der Waals surface area (Å²) < 4.78 is 0. The van der Waals surface area contributed by atoms with Crippen molar-refractivity contribution in [3.8, 4) is 0 Å². The molecule has 14 heteroatoms. The van der Waals surface area contributed by atoms with Crippen molar-refractivity contribution in [1.82, 2.24) is 30.6 Å². The topological polar surface area (TPSA) is 168 Å². The number of H-pyrrole nitrogens is 1. The van der Waals surface area contributed by atoms with Gasteiger partial charge in [-0.25, -0.2) is 4.79 Å². The standard InChI is InChI=1S/C26H26Cl2N6O6/c27-18-5-15-9-33(25(39)13-1-2-14-7-30-32-19(14)6-13)4-3-17(15)23(28)22(18)24(38)31-16(12-35)8-29-26(40)34-10-20(36)21(37)11-34/h1-2,5-7,12,16,20-21,36-37H,3-4,8-11H2,(H,29,40)(H,30,32)(H,31,38)/t16-,20-,21+/m0/s1. The number of hydrogen-bond donors (Lipinski definition) is 5. The number of benzene rings is 2. The highest BCUT2D eigenvalue weighted by Crippen LogP contribution is 2.35. The monoisotopic (exact) mass is 588 g/mol. The number of β-amino-alcohol motifs (C(OH)–C–C–N with tert-alkyl or cyclic N) is 2. The fraction of sp³-hybridized carbons (Fsp3) is 0.346. The average molecular weight is 589 g/mol. The number of nitrogens with zero attached hydrogens (tertiary/aromatic N) is 3. The van der Waals surface area contributed by atoms with E-state index in [4.69, 9.17) is 23.2 Å². The summed E-state index contributed by atoms with van der Waals surface area (Å²) in [4.78, 5) is 53.0. The third-order valence-electron chi connectivity index (χ3n) is 7.11. The van der Waals surface area contributed by atoms with Crippen LogP contribution < -0.4 is 10.6 Å². The molecule has 0 spiro atoms. The number of halogens is 2. The molecule has 5 rings (SSSR count). The fourth-order valence-corrected chi connectivity index (χ4v) is 5.67. The van der Waals surface area contributed by atoms with E-state index in [0.717, 1.165) is 10.9 Å². The van der Waals surface area contributed by atoms with E-state index in [-0.39, 0.29) is 47.7 Å². The van der Waals surface area contributed by atoms with Gasteiger partial charge in [0.05, 0.1) is 52.6 Å². The van der Waals surface area contributed by atoms with E-state index in [1.165, 1.54) is 4.90 Å². The molecule has 5 N–H and O–H groups in total. The van der Waals surface area contributed by atoms with Gasteiger partial charge in [-0.15, -0.1) is 0 Å². The summed E-state index contributed by atoms with van der Waals surface area (Å²) in [6.45, 7) is 0.303. The SMILES string of the molecule is O=C[C@H](CNC(=O)N1C[C@@H](O)[C@@H](O)C1)NC(=O)c1c(Cl)cc2c(c1Cl)CCN(C(=O)c1ccc3cn[nH]c3c1)C2. The molecule has 0 radical (unpaired) electrons. The number of likely N-dealkylation sites (tertiary alicyclic amines) is 1. The highest BCUT2D eigenvalue weighted by Gasteiger charge is 2.33. The molecule has 3 aromatic rings. The first kappa shape index (κ1) is 27.8. The Bertz CT molecular complexity index is 1490. The van der Waals surface area contributed by atoms with E-state index in [1.807, 2.05) is 6.07 Å². The summed E-state index contributed by atoms with van der Waals surface area (Å²) in [5.74, 6) is -0.854.